The molecule has 0 aliphatic heterocycles. The van der Waals surface area contributed by atoms with Gasteiger partial charge in [-0.2, -0.15) is 0 Å². The van der Waals surface area contributed by atoms with Crippen LogP contribution in [0.2, 0.25) is 0 Å². The lowest BCUT2D eigenvalue weighted by Crippen LogP contribution is -1.95. The van der Waals surface area contributed by atoms with Gasteiger partial charge in [-0.3, -0.25) is 0 Å². The average molecular weight is 260 g/mol. The number of hydrogen-bond acceptors (Lipinski definition) is 1. The predicted molar refractivity (Wildman–Crippen MR) is 78.6 cm³/mol. The van der Waals surface area contributed by atoms with E-state index < -0.39 is 5.97 Å². The molecule has 0 spiro atoms. The maximum atomic E-state index is 10.9. The Morgan fingerprint density at radius 2 is 1.85 bits per heavy atom. The Morgan fingerprint density at radius 3 is 2.65 bits per heavy atom. The van der Waals surface area contributed by atoms with Crippen LogP contribution >= 0.6 is 0 Å². The topological polar surface area (TPSA) is 37.3 Å². The number of fused-ring (bicyclic) bond motifs is 1. The molecule has 3 rings (SSSR count). The zero-order chi connectivity index (χ0) is 13.9. The highest BCUT2D eigenvalue weighted by atomic mass is 16.4. The third-order valence-electron chi connectivity index (χ3n) is 3.24. The van der Waals surface area contributed by atoms with Crippen LogP contribution in [0.3, 0.4) is 0 Å². The first-order valence-corrected chi connectivity index (χ1v) is 6.37. The molecule has 2 aromatic rings. The van der Waals surface area contributed by atoms with E-state index in [4.69, 9.17) is 5.11 Å². The third-order valence-corrected chi connectivity index (χ3v) is 3.24. The molecule has 96 valence electrons. The van der Waals surface area contributed by atoms with Crippen molar-refractivity contribution in [2.24, 2.45) is 0 Å². The van der Waals surface area contributed by atoms with Crippen molar-refractivity contribution < 1.29 is 9.90 Å². The first-order valence-electron chi connectivity index (χ1n) is 6.37. The van der Waals surface area contributed by atoms with Crippen molar-refractivity contribution in [3.05, 3.63) is 76.4 Å². The highest BCUT2D eigenvalue weighted by Crippen LogP contribution is 2.20. The number of hydrogen-bond donors (Lipinski definition) is 1. The van der Waals surface area contributed by atoms with Gasteiger partial charge in [0.1, 0.15) is 0 Å². The van der Waals surface area contributed by atoms with Crippen molar-refractivity contribution >= 4 is 12.0 Å². The normalized spacial score (nSPS) is 11.6. The Labute approximate surface area is 117 Å². The molecule has 0 unspecified atom stereocenters. The molecule has 0 aromatic heterocycles. The van der Waals surface area contributed by atoms with Gasteiger partial charge in [-0.05, 0) is 47.9 Å². The number of carboxylic acid groups (broad SMARTS) is 1. The van der Waals surface area contributed by atoms with Gasteiger partial charge in [0.25, 0.3) is 0 Å². The summed E-state index contributed by atoms with van der Waals surface area (Å²) in [5.74, 6) is 5.16. The van der Waals surface area contributed by atoms with Crippen LogP contribution in [0.1, 0.15) is 32.6 Å². The van der Waals surface area contributed by atoms with E-state index in [1.165, 1.54) is 11.1 Å². The van der Waals surface area contributed by atoms with Crippen LogP contribution in [0.4, 0.5) is 0 Å². The lowest BCUT2D eigenvalue weighted by Gasteiger charge is -1.98. The summed E-state index contributed by atoms with van der Waals surface area (Å²) < 4.78 is 0. The fourth-order valence-electron chi connectivity index (χ4n) is 2.20. The number of carboxylic acids is 1. The van der Waals surface area contributed by atoms with E-state index >= 15 is 0 Å². The third kappa shape index (κ3) is 2.48. The fourth-order valence-corrected chi connectivity index (χ4v) is 2.20. The van der Waals surface area contributed by atoms with Gasteiger partial charge in [0.15, 0.2) is 0 Å². The van der Waals surface area contributed by atoms with Crippen molar-refractivity contribution in [3.63, 3.8) is 0 Å². The number of aromatic carboxylic acids is 1. The van der Waals surface area contributed by atoms with Crippen molar-refractivity contribution in [1.29, 1.82) is 0 Å². The molecule has 0 bridgehead atoms. The van der Waals surface area contributed by atoms with Gasteiger partial charge in [0, 0.05) is 11.1 Å². The van der Waals surface area contributed by atoms with Crippen LogP contribution in [0.15, 0.2) is 48.5 Å². The number of benzene rings is 2. The maximum Gasteiger partial charge on any atom is 0.335 e. The summed E-state index contributed by atoms with van der Waals surface area (Å²) in [7, 11) is 0. The number of rotatable bonds is 1. The van der Waals surface area contributed by atoms with Crippen LogP contribution in [0.25, 0.3) is 6.08 Å². The fraction of sp³-hybridized carbons (Fsp3) is 0.0556. The second-order valence-electron chi connectivity index (χ2n) is 4.66. The first kappa shape index (κ1) is 12.3. The lowest BCUT2D eigenvalue weighted by molar-refractivity contribution is 0.0697. The minimum absolute atomic E-state index is 0.258. The zero-order valence-electron chi connectivity index (χ0n) is 10.8. The van der Waals surface area contributed by atoms with Gasteiger partial charge in [-0.1, -0.05) is 36.1 Å². The van der Waals surface area contributed by atoms with Crippen molar-refractivity contribution in [2.75, 3.05) is 0 Å². The summed E-state index contributed by atoms with van der Waals surface area (Å²) in [4.78, 5) is 10.9. The van der Waals surface area contributed by atoms with Crippen molar-refractivity contribution in [1.82, 2.24) is 0 Å². The summed E-state index contributed by atoms with van der Waals surface area (Å²) in [5, 5.41) is 8.94. The second-order valence-corrected chi connectivity index (χ2v) is 4.66. The minimum Gasteiger partial charge on any atom is -0.478 e. The van der Waals surface area contributed by atoms with Gasteiger partial charge < -0.3 is 5.11 Å². The summed E-state index contributed by atoms with van der Waals surface area (Å²) in [6, 6.07) is 12.8. The van der Waals surface area contributed by atoms with E-state index in [9.17, 15) is 4.79 Å². The molecule has 2 nitrogen and oxygen atoms in total. The maximum absolute atomic E-state index is 10.9. The Bertz CT molecular complexity index is 773. The van der Waals surface area contributed by atoms with Crippen LogP contribution in [0, 0.1) is 11.8 Å². The molecule has 0 fully saturated rings. The predicted octanol–water partition coefficient (Wildman–Crippen LogP) is 3.35. The van der Waals surface area contributed by atoms with Crippen LogP contribution < -0.4 is 0 Å². The monoisotopic (exact) mass is 260 g/mol. The second kappa shape index (κ2) is 5.07. The molecular weight excluding hydrogens is 248 g/mol. The lowest BCUT2D eigenvalue weighted by atomic mass is 10.1. The first-order chi connectivity index (χ1) is 9.72. The molecule has 1 N–H and O–H groups in total. The summed E-state index contributed by atoms with van der Waals surface area (Å²) >= 11 is 0. The van der Waals surface area contributed by atoms with Gasteiger partial charge in [0.2, 0.25) is 0 Å². The van der Waals surface area contributed by atoms with Crippen molar-refractivity contribution in [2.45, 2.75) is 6.42 Å². The van der Waals surface area contributed by atoms with E-state index in [1.807, 2.05) is 12.1 Å². The number of allylic oxidation sites excluding steroid dienone is 1. The zero-order valence-corrected chi connectivity index (χ0v) is 10.8. The molecule has 1 aliphatic carbocycles. The van der Waals surface area contributed by atoms with Crippen LogP contribution in [-0.2, 0) is 6.42 Å². The van der Waals surface area contributed by atoms with Gasteiger partial charge in [-0.15, -0.1) is 0 Å². The van der Waals surface area contributed by atoms with E-state index in [0.717, 1.165) is 12.0 Å². The summed E-state index contributed by atoms with van der Waals surface area (Å²) in [6.45, 7) is 0. The van der Waals surface area contributed by atoms with E-state index in [2.05, 4.69) is 36.1 Å². The van der Waals surface area contributed by atoms with Gasteiger partial charge in [0.05, 0.1) is 5.56 Å². The summed E-state index contributed by atoms with van der Waals surface area (Å²) in [6.07, 6.45) is 5.23. The molecule has 0 saturated heterocycles. The van der Waals surface area contributed by atoms with Crippen LogP contribution in [0.5, 0.6) is 0 Å². The van der Waals surface area contributed by atoms with E-state index in [0.29, 0.717) is 5.56 Å². The van der Waals surface area contributed by atoms with Crippen molar-refractivity contribution in [3.8, 4) is 11.8 Å². The quantitative estimate of drug-likeness (QED) is 0.798. The highest BCUT2D eigenvalue weighted by molar-refractivity contribution is 5.88. The Kier molecular flexibility index (Phi) is 3.10. The largest absolute Gasteiger partial charge is 0.478 e. The number of carbonyl (C=O) groups is 1. The minimum atomic E-state index is -0.934. The Morgan fingerprint density at radius 1 is 1.05 bits per heavy atom. The Balaban J connectivity index is 1.90. The molecule has 2 heteroatoms. The summed E-state index contributed by atoms with van der Waals surface area (Å²) in [5.41, 5.74) is 4.45. The molecule has 0 saturated carbocycles. The Hall–Kier alpha value is -2.79. The standard InChI is InChI=1S/C18H12O2/c19-18(20)17-6-1-3-13(12-17)7-8-14-9-10-15-4-2-5-16(15)11-14/h1-3,5-6,9-12H,4H2,(H,19,20). The highest BCUT2D eigenvalue weighted by Gasteiger charge is 2.04. The van der Waals surface area contributed by atoms with E-state index in [-0.39, 0.29) is 5.56 Å². The molecule has 0 atom stereocenters. The van der Waals surface area contributed by atoms with Gasteiger partial charge in [-0.25, -0.2) is 4.79 Å². The molecule has 0 radical (unpaired) electrons. The smallest absolute Gasteiger partial charge is 0.335 e. The molecular formula is C18H12O2. The van der Waals surface area contributed by atoms with E-state index in [1.54, 1.807) is 18.2 Å². The SMILES string of the molecule is O=C(O)c1cccc(C#Cc2ccc3c(c2)C=CC3)c1. The molecule has 0 heterocycles. The molecule has 2 aromatic carbocycles. The molecule has 20 heavy (non-hydrogen) atoms. The average Bonchev–Trinajstić information content (AvgIpc) is 2.93. The van der Waals surface area contributed by atoms with Crippen LogP contribution in [-0.4, -0.2) is 11.1 Å². The molecule has 1 aliphatic rings. The van der Waals surface area contributed by atoms with Gasteiger partial charge >= 0.3 is 5.97 Å². The molecule has 0 amide bonds.